The molecule has 0 radical (unpaired) electrons. The maximum Gasteiger partial charge on any atom is 0.201 e. The number of allylic oxidation sites excluding steroid dienone is 4. The van der Waals surface area contributed by atoms with Gasteiger partial charge in [-0.1, -0.05) is 55.8 Å². The van der Waals surface area contributed by atoms with Crippen molar-refractivity contribution in [3.05, 3.63) is 83.0 Å². The van der Waals surface area contributed by atoms with Crippen LogP contribution in [0.1, 0.15) is 62.6 Å². The molecular formula is C27H32F2O. The summed E-state index contributed by atoms with van der Waals surface area (Å²) in [5.74, 6) is -1.24. The summed E-state index contributed by atoms with van der Waals surface area (Å²) in [7, 11) is 0. The van der Waals surface area contributed by atoms with E-state index in [1.807, 2.05) is 0 Å². The Balaban J connectivity index is 1.51. The summed E-state index contributed by atoms with van der Waals surface area (Å²) in [5, 5.41) is 0. The van der Waals surface area contributed by atoms with Gasteiger partial charge >= 0.3 is 0 Å². The summed E-state index contributed by atoms with van der Waals surface area (Å²) in [6.45, 7) is 4.28. The van der Waals surface area contributed by atoms with Gasteiger partial charge in [-0.2, -0.15) is 4.39 Å². The third-order valence-corrected chi connectivity index (χ3v) is 5.71. The van der Waals surface area contributed by atoms with Crippen LogP contribution < -0.4 is 4.74 Å². The number of benzene rings is 2. The molecule has 3 heteroatoms. The Morgan fingerprint density at radius 1 is 0.967 bits per heavy atom. The molecule has 0 heterocycles. The van der Waals surface area contributed by atoms with Crippen LogP contribution in [-0.4, -0.2) is 6.61 Å². The predicted molar refractivity (Wildman–Crippen MR) is 121 cm³/mol. The molecule has 0 amide bonds. The lowest BCUT2D eigenvalue weighted by Crippen LogP contribution is -2.05. The average Bonchev–Trinajstić information content (AvgIpc) is 2.77. The van der Waals surface area contributed by atoms with Crippen molar-refractivity contribution < 1.29 is 13.5 Å². The van der Waals surface area contributed by atoms with Crippen molar-refractivity contribution in [2.24, 2.45) is 5.92 Å². The van der Waals surface area contributed by atoms with Crippen LogP contribution in [0.2, 0.25) is 0 Å². The van der Waals surface area contributed by atoms with Gasteiger partial charge in [0.1, 0.15) is 0 Å². The number of aryl methyl sites for hydroxylation is 2. The second-order valence-electron chi connectivity index (χ2n) is 7.97. The lowest BCUT2D eigenvalue weighted by Gasteiger charge is -2.20. The summed E-state index contributed by atoms with van der Waals surface area (Å²) >= 11 is 0. The van der Waals surface area contributed by atoms with Gasteiger partial charge in [0.15, 0.2) is 11.6 Å². The molecule has 0 aliphatic heterocycles. The third-order valence-electron chi connectivity index (χ3n) is 5.71. The first-order valence-electron chi connectivity index (χ1n) is 11.2. The summed E-state index contributed by atoms with van der Waals surface area (Å²) < 4.78 is 33.7. The minimum Gasteiger partial charge on any atom is -0.491 e. The summed E-state index contributed by atoms with van der Waals surface area (Å²) in [6, 6.07) is 12.1. The van der Waals surface area contributed by atoms with Gasteiger partial charge in [0.2, 0.25) is 5.82 Å². The SMILES string of the molecule is CCCc1ccc(CC/C=C/C2CC=C(c3ccc(OCC)c(F)c3F)CC2)cc1. The fourth-order valence-corrected chi connectivity index (χ4v) is 4.02. The van der Waals surface area contributed by atoms with Gasteiger partial charge in [-0.15, -0.1) is 0 Å². The minimum absolute atomic E-state index is 0.0176. The minimum atomic E-state index is -0.889. The van der Waals surface area contributed by atoms with Gasteiger partial charge in [-0.05, 0) is 80.2 Å². The van der Waals surface area contributed by atoms with Crippen LogP contribution in [0.25, 0.3) is 5.57 Å². The van der Waals surface area contributed by atoms with Crippen molar-refractivity contribution in [2.45, 2.75) is 58.8 Å². The van der Waals surface area contributed by atoms with E-state index in [2.05, 4.69) is 49.4 Å². The van der Waals surface area contributed by atoms with Gasteiger partial charge in [0.25, 0.3) is 0 Å². The molecule has 0 bridgehead atoms. The topological polar surface area (TPSA) is 9.23 Å². The Hall–Kier alpha value is -2.42. The standard InChI is InChI=1S/C27H32F2O/c1-3-7-20-10-12-21(13-11-20)8-5-6-9-22-14-16-23(17-15-22)24-18-19-25(30-4-2)27(29)26(24)28/h6,9-13,16,18-19,22H,3-5,7-8,14-15,17H2,1-2H3/b9-6+. The molecule has 0 aromatic heterocycles. The molecule has 1 atom stereocenters. The molecule has 1 aliphatic rings. The van der Waals surface area contributed by atoms with E-state index in [0.29, 0.717) is 18.1 Å². The lowest BCUT2D eigenvalue weighted by molar-refractivity contribution is 0.314. The molecule has 1 unspecified atom stereocenters. The molecule has 0 spiro atoms. The highest BCUT2D eigenvalue weighted by atomic mass is 19.2. The summed E-state index contributed by atoms with van der Waals surface area (Å²) in [4.78, 5) is 0. The molecule has 3 rings (SSSR count). The van der Waals surface area contributed by atoms with Crippen LogP contribution in [0.15, 0.2) is 54.6 Å². The van der Waals surface area contributed by atoms with Gasteiger partial charge < -0.3 is 4.74 Å². The number of halogens is 2. The highest BCUT2D eigenvalue weighted by Crippen LogP contribution is 2.34. The smallest absolute Gasteiger partial charge is 0.201 e. The molecule has 0 fully saturated rings. The average molecular weight is 411 g/mol. The Morgan fingerprint density at radius 3 is 2.33 bits per heavy atom. The first-order chi connectivity index (χ1) is 14.6. The molecule has 0 saturated carbocycles. The first kappa shape index (κ1) is 22.3. The van der Waals surface area contributed by atoms with Crippen molar-refractivity contribution in [3.8, 4) is 5.75 Å². The van der Waals surface area contributed by atoms with E-state index in [4.69, 9.17) is 4.74 Å². The number of hydrogen-bond acceptors (Lipinski definition) is 1. The maximum absolute atomic E-state index is 14.4. The zero-order chi connectivity index (χ0) is 21.3. The molecule has 1 aliphatic carbocycles. The van der Waals surface area contributed by atoms with E-state index in [9.17, 15) is 8.78 Å². The number of rotatable bonds is 9. The zero-order valence-electron chi connectivity index (χ0n) is 18.1. The Labute approximate surface area is 179 Å². The lowest BCUT2D eigenvalue weighted by atomic mass is 9.86. The van der Waals surface area contributed by atoms with Crippen molar-refractivity contribution in [1.82, 2.24) is 0 Å². The van der Waals surface area contributed by atoms with Gasteiger partial charge in [0.05, 0.1) is 6.61 Å². The van der Waals surface area contributed by atoms with Crippen LogP contribution in [0, 0.1) is 17.6 Å². The number of hydrogen-bond donors (Lipinski definition) is 0. The predicted octanol–water partition coefficient (Wildman–Crippen LogP) is 7.69. The van der Waals surface area contributed by atoms with Crippen LogP contribution in [0.3, 0.4) is 0 Å². The maximum atomic E-state index is 14.4. The quantitative estimate of drug-likeness (QED) is 0.385. The normalized spacial score (nSPS) is 16.7. The molecule has 30 heavy (non-hydrogen) atoms. The molecule has 2 aromatic carbocycles. The van der Waals surface area contributed by atoms with Crippen LogP contribution in [0.4, 0.5) is 8.78 Å². The molecule has 2 aromatic rings. The highest BCUT2D eigenvalue weighted by molar-refractivity contribution is 5.67. The molecular weight excluding hydrogens is 378 g/mol. The second kappa shape index (κ2) is 11.1. The van der Waals surface area contributed by atoms with Crippen LogP contribution in [0.5, 0.6) is 5.75 Å². The Morgan fingerprint density at radius 2 is 1.70 bits per heavy atom. The van der Waals surface area contributed by atoms with Gasteiger partial charge in [-0.25, -0.2) is 4.39 Å². The highest BCUT2D eigenvalue weighted by Gasteiger charge is 2.20. The van der Waals surface area contributed by atoms with E-state index in [-0.39, 0.29) is 5.75 Å². The monoisotopic (exact) mass is 410 g/mol. The molecule has 1 nitrogen and oxygen atoms in total. The first-order valence-corrected chi connectivity index (χ1v) is 11.2. The van der Waals surface area contributed by atoms with E-state index in [1.165, 1.54) is 23.6 Å². The van der Waals surface area contributed by atoms with Crippen LogP contribution >= 0.6 is 0 Å². The summed E-state index contributed by atoms with van der Waals surface area (Å²) in [5.41, 5.74) is 4.04. The van der Waals surface area contributed by atoms with Crippen molar-refractivity contribution >= 4 is 5.57 Å². The van der Waals surface area contributed by atoms with E-state index >= 15 is 0 Å². The van der Waals surface area contributed by atoms with E-state index < -0.39 is 11.6 Å². The molecule has 0 N–H and O–H groups in total. The van der Waals surface area contributed by atoms with Crippen molar-refractivity contribution in [1.29, 1.82) is 0 Å². The van der Waals surface area contributed by atoms with Crippen molar-refractivity contribution in [3.63, 3.8) is 0 Å². The number of ether oxygens (including phenoxy) is 1. The van der Waals surface area contributed by atoms with Gasteiger partial charge in [-0.3, -0.25) is 0 Å². The van der Waals surface area contributed by atoms with Crippen molar-refractivity contribution in [2.75, 3.05) is 6.61 Å². The third kappa shape index (κ3) is 5.81. The molecule has 160 valence electrons. The Bertz CT molecular complexity index is 880. The summed E-state index contributed by atoms with van der Waals surface area (Å²) in [6.07, 6.45) is 13.6. The van der Waals surface area contributed by atoms with E-state index in [0.717, 1.165) is 44.1 Å². The van der Waals surface area contributed by atoms with Crippen LogP contribution in [-0.2, 0) is 12.8 Å². The second-order valence-corrected chi connectivity index (χ2v) is 7.97. The van der Waals surface area contributed by atoms with Gasteiger partial charge in [0, 0.05) is 5.56 Å². The largest absolute Gasteiger partial charge is 0.491 e. The fourth-order valence-electron chi connectivity index (χ4n) is 4.02. The molecule has 0 saturated heterocycles. The Kier molecular flexibility index (Phi) is 8.24. The zero-order valence-corrected chi connectivity index (χ0v) is 18.1. The van der Waals surface area contributed by atoms with E-state index in [1.54, 1.807) is 13.0 Å². The fraction of sp³-hybridized carbons (Fsp3) is 0.407.